The molecule has 1 aromatic heterocycles. The number of nitrogens with two attached hydrogens (primary N) is 1. The topological polar surface area (TPSA) is 142 Å². The summed E-state index contributed by atoms with van der Waals surface area (Å²) in [5, 5.41) is 4.80. The molecule has 0 radical (unpaired) electrons. The van der Waals surface area contributed by atoms with Crippen LogP contribution < -0.4 is 32.5 Å². The molecule has 172 valence electrons. The van der Waals surface area contributed by atoms with Crippen LogP contribution >= 0.6 is 0 Å². The number of para-hydroxylation sites is 1. The van der Waals surface area contributed by atoms with Gasteiger partial charge in [-0.3, -0.25) is 24.5 Å². The smallest absolute Gasteiger partial charge is 0.330 e. The predicted octanol–water partition coefficient (Wildman–Crippen LogP) is 1.73. The zero-order chi connectivity index (χ0) is 23.8. The van der Waals surface area contributed by atoms with Crippen molar-refractivity contribution in [2.24, 2.45) is 0 Å². The summed E-state index contributed by atoms with van der Waals surface area (Å²) in [6, 6.07) is 17.2. The zero-order valence-corrected chi connectivity index (χ0v) is 18.2. The number of aromatic amines is 1. The number of carbonyl (C=O) groups excluding carboxylic acids is 2. The molecule has 0 fully saturated rings. The second-order valence-corrected chi connectivity index (χ2v) is 7.35. The molecule has 33 heavy (non-hydrogen) atoms. The number of anilines is 3. The first-order valence-corrected chi connectivity index (χ1v) is 10.5. The van der Waals surface area contributed by atoms with Gasteiger partial charge in [-0.25, -0.2) is 9.59 Å². The predicted molar refractivity (Wildman–Crippen MR) is 127 cm³/mol. The molecule has 5 N–H and O–H groups in total. The Morgan fingerprint density at radius 2 is 1.67 bits per heavy atom. The largest absolute Gasteiger partial charge is 0.383 e. The van der Waals surface area contributed by atoms with E-state index < -0.39 is 23.2 Å². The number of rotatable bonds is 8. The van der Waals surface area contributed by atoms with Crippen molar-refractivity contribution in [3.05, 3.63) is 87.1 Å². The summed E-state index contributed by atoms with van der Waals surface area (Å²) in [5.41, 5.74) is 6.25. The number of H-pyrrole nitrogens is 1. The molecule has 0 bridgehead atoms. The number of carbonyl (C=O) groups is 2. The van der Waals surface area contributed by atoms with Crippen LogP contribution in [-0.2, 0) is 11.3 Å². The van der Waals surface area contributed by atoms with Gasteiger partial charge in [-0.05, 0) is 24.1 Å². The highest BCUT2D eigenvalue weighted by atomic mass is 16.2. The highest BCUT2D eigenvalue weighted by molar-refractivity contribution is 6.02. The van der Waals surface area contributed by atoms with E-state index in [1.54, 1.807) is 30.3 Å². The Labute approximate surface area is 190 Å². The van der Waals surface area contributed by atoms with E-state index in [2.05, 4.69) is 15.6 Å². The van der Waals surface area contributed by atoms with E-state index in [0.717, 1.165) is 5.56 Å². The fourth-order valence-electron chi connectivity index (χ4n) is 3.37. The van der Waals surface area contributed by atoms with Gasteiger partial charge in [0.05, 0.1) is 13.1 Å². The first-order chi connectivity index (χ1) is 15.9. The van der Waals surface area contributed by atoms with E-state index in [9.17, 15) is 19.2 Å². The standard InChI is InChI=1S/C23H26N6O4/c1-2-13-28(15-18(30)26-22(32)25-17-11-7-4-8-12-17)19-20(24)29(23(33)27-21(19)31)14-16-9-5-3-6-10-16/h3-12H,2,13-15,24H2,1H3,(H,27,31,33)(H2,25,26,30,32). The summed E-state index contributed by atoms with van der Waals surface area (Å²) in [5.74, 6) is -0.681. The van der Waals surface area contributed by atoms with Crippen molar-refractivity contribution < 1.29 is 9.59 Å². The van der Waals surface area contributed by atoms with E-state index in [0.29, 0.717) is 18.7 Å². The minimum absolute atomic E-state index is 0.00555. The number of hydrogen-bond donors (Lipinski definition) is 4. The molecule has 2 aromatic carbocycles. The molecule has 3 amide bonds. The fraction of sp³-hybridized carbons (Fsp3) is 0.217. The van der Waals surface area contributed by atoms with Crippen LogP contribution in [0.3, 0.4) is 0 Å². The van der Waals surface area contributed by atoms with Crippen LogP contribution in [0.25, 0.3) is 0 Å². The molecule has 0 unspecified atom stereocenters. The lowest BCUT2D eigenvalue weighted by Crippen LogP contribution is -2.45. The zero-order valence-electron chi connectivity index (χ0n) is 18.2. The molecule has 0 aliphatic carbocycles. The number of aromatic nitrogens is 2. The van der Waals surface area contributed by atoms with Crippen molar-refractivity contribution in [1.29, 1.82) is 0 Å². The molecule has 10 nitrogen and oxygen atoms in total. The molecule has 1 heterocycles. The third-order valence-corrected chi connectivity index (χ3v) is 4.83. The quantitative estimate of drug-likeness (QED) is 0.412. The molecule has 0 saturated carbocycles. The fourth-order valence-corrected chi connectivity index (χ4v) is 3.37. The van der Waals surface area contributed by atoms with Gasteiger partial charge in [-0.15, -0.1) is 0 Å². The van der Waals surface area contributed by atoms with Gasteiger partial charge in [0.15, 0.2) is 0 Å². The van der Waals surface area contributed by atoms with Gasteiger partial charge in [0.1, 0.15) is 11.5 Å². The van der Waals surface area contributed by atoms with Crippen molar-refractivity contribution >= 4 is 29.1 Å². The van der Waals surface area contributed by atoms with Crippen LogP contribution in [0.2, 0.25) is 0 Å². The summed E-state index contributed by atoms with van der Waals surface area (Å²) >= 11 is 0. The van der Waals surface area contributed by atoms with Crippen LogP contribution in [0.5, 0.6) is 0 Å². The maximum absolute atomic E-state index is 12.6. The Morgan fingerprint density at radius 3 is 2.30 bits per heavy atom. The second-order valence-electron chi connectivity index (χ2n) is 7.35. The third kappa shape index (κ3) is 6.10. The Bertz CT molecular complexity index is 1220. The summed E-state index contributed by atoms with van der Waals surface area (Å²) in [7, 11) is 0. The van der Waals surface area contributed by atoms with Crippen LogP contribution in [0.1, 0.15) is 18.9 Å². The average molecular weight is 450 g/mol. The van der Waals surface area contributed by atoms with Gasteiger partial charge >= 0.3 is 11.7 Å². The number of urea groups is 1. The van der Waals surface area contributed by atoms with Gasteiger partial charge < -0.3 is 16.0 Å². The number of nitrogens with zero attached hydrogens (tertiary/aromatic N) is 2. The number of nitrogen functional groups attached to an aromatic ring is 1. The first-order valence-electron chi connectivity index (χ1n) is 10.5. The van der Waals surface area contributed by atoms with Gasteiger partial charge in [0.2, 0.25) is 5.91 Å². The Morgan fingerprint density at radius 1 is 1.03 bits per heavy atom. The van der Waals surface area contributed by atoms with Crippen LogP contribution in [-0.4, -0.2) is 34.6 Å². The van der Waals surface area contributed by atoms with Crippen LogP contribution in [0.4, 0.5) is 22.0 Å². The Kier molecular flexibility index (Phi) is 7.64. The molecular weight excluding hydrogens is 424 g/mol. The molecular formula is C23H26N6O4. The lowest BCUT2D eigenvalue weighted by molar-refractivity contribution is -0.118. The number of nitrogens with one attached hydrogen (secondary N) is 3. The van der Waals surface area contributed by atoms with Crippen molar-refractivity contribution in [2.75, 3.05) is 29.0 Å². The minimum atomic E-state index is -0.697. The van der Waals surface area contributed by atoms with Gasteiger partial charge in [0, 0.05) is 12.2 Å². The number of imide groups is 1. The molecule has 3 aromatic rings. The molecule has 0 aliphatic heterocycles. The van der Waals surface area contributed by atoms with E-state index in [1.807, 2.05) is 37.3 Å². The van der Waals surface area contributed by atoms with E-state index in [1.165, 1.54) is 9.47 Å². The maximum atomic E-state index is 12.6. The first kappa shape index (κ1) is 23.3. The molecule has 0 spiro atoms. The SMILES string of the molecule is CCCN(CC(=O)NC(=O)Nc1ccccc1)c1c(N)n(Cc2ccccc2)c(=O)[nH]c1=O. The van der Waals surface area contributed by atoms with Gasteiger partial charge in [0.25, 0.3) is 5.56 Å². The molecule has 10 heteroatoms. The van der Waals surface area contributed by atoms with Crippen molar-refractivity contribution in [3.8, 4) is 0 Å². The van der Waals surface area contributed by atoms with E-state index in [4.69, 9.17) is 5.73 Å². The number of hydrogen-bond acceptors (Lipinski definition) is 6. The molecule has 3 rings (SSSR count). The van der Waals surface area contributed by atoms with Crippen molar-refractivity contribution in [2.45, 2.75) is 19.9 Å². The van der Waals surface area contributed by atoms with Gasteiger partial charge in [-0.2, -0.15) is 0 Å². The van der Waals surface area contributed by atoms with Crippen LogP contribution in [0.15, 0.2) is 70.3 Å². The molecule has 0 aliphatic rings. The molecule has 0 saturated heterocycles. The number of amides is 3. The maximum Gasteiger partial charge on any atom is 0.330 e. The average Bonchev–Trinajstić information content (AvgIpc) is 2.78. The van der Waals surface area contributed by atoms with E-state index >= 15 is 0 Å². The van der Waals surface area contributed by atoms with Crippen LogP contribution in [0, 0.1) is 0 Å². The lowest BCUT2D eigenvalue weighted by Gasteiger charge is -2.25. The van der Waals surface area contributed by atoms with Crippen molar-refractivity contribution in [1.82, 2.24) is 14.9 Å². The van der Waals surface area contributed by atoms with Crippen molar-refractivity contribution in [3.63, 3.8) is 0 Å². The molecule has 0 atom stereocenters. The highest BCUT2D eigenvalue weighted by Gasteiger charge is 2.21. The normalized spacial score (nSPS) is 10.5. The lowest BCUT2D eigenvalue weighted by atomic mass is 10.2. The third-order valence-electron chi connectivity index (χ3n) is 4.83. The summed E-state index contributed by atoms with van der Waals surface area (Å²) in [4.78, 5) is 53.4. The summed E-state index contributed by atoms with van der Waals surface area (Å²) < 4.78 is 1.24. The minimum Gasteiger partial charge on any atom is -0.383 e. The number of benzene rings is 2. The highest BCUT2D eigenvalue weighted by Crippen LogP contribution is 2.18. The summed E-state index contributed by atoms with van der Waals surface area (Å²) in [6.45, 7) is 2.04. The Hall–Kier alpha value is -4.34. The van der Waals surface area contributed by atoms with Gasteiger partial charge in [-0.1, -0.05) is 55.5 Å². The summed E-state index contributed by atoms with van der Waals surface area (Å²) in [6.07, 6.45) is 0.597. The van der Waals surface area contributed by atoms with E-state index in [-0.39, 0.29) is 24.6 Å². The Balaban J connectivity index is 1.81. The monoisotopic (exact) mass is 450 g/mol. The second kappa shape index (κ2) is 10.8.